The molecule has 1 amide bonds. The van der Waals surface area contributed by atoms with Crippen molar-refractivity contribution in [3.8, 4) is 5.69 Å². The van der Waals surface area contributed by atoms with Crippen LogP contribution in [0.15, 0.2) is 67.0 Å². The van der Waals surface area contributed by atoms with Crippen molar-refractivity contribution in [1.29, 1.82) is 0 Å². The van der Waals surface area contributed by atoms with Crippen molar-refractivity contribution in [2.75, 3.05) is 26.2 Å². The fourth-order valence-corrected chi connectivity index (χ4v) is 5.17. The predicted octanol–water partition coefficient (Wildman–Crippen LogP) is 3.78. The number of hydroxylamine groups is 1. The van der Waals surface area contributed by atoms with E-state index < -0.39 is 5.91 Å². The van der Waals surface area contributed by atoms with Gasteiger partial charge in [0.05, 0.1) is 11.9 Å². The number of hydrogen-bond donors (Lipinski definition) is 3. The molecule has 3 aromatic rings. The number of benzene rings is 2. The van der Waals surface area contributed by atoms with Crippen molar-refractivity contribution < 1.29 is 10.0 Å². The van der Waals surface area contributed by atoms with Crippen LogP contribution in [-0.4, -0.2) is 58.0 Å². The molecule has 2 fully saturated rings. The molecule has 0 unspecified atom stereocenters. The van der Waals surface area contributed by atoms with Gasteiger partial charge in [0.1, 0.15) is 0 Å². The molecular weight excluding hydrogens is 438 g/mol. The molecule has 7 nitrogen and oxygen atoms in total. The molecule has 1 aliphatic heterocycles. The van der Waals surface area contributed by atoms with E-state index in [1.54, 1.807) is 17.6 Å². The molecule has 2 aliphatic rings. The Balaban J connectivity index is 0.973. The highest BCUT2D eigenvalue weighted by molar-refractivity contribution is 5.93. The van der Waals surface area contributed by atoms with E-state index in [9.17, 15) is 4.79 Å². The Hall–Kier alpha value is -3.00. The van der Waals surface area contributed by atoms with Gasteiger partial charge in [-0.2, -0.15) is 5.10 Å². The first-order valence-electron chi connectivity index (χ1n) is 12.8. The lowest BCUT2D eigenvalue weighted by Crippen LogP contribution is -2.38. The Bertz CT molecular complexity index is 1090. The first kappa shape index (κ1) is 23.7. The number of aromatic nitrogens is 2. The van der Waals surface area contributed by atoms with Gasteiger partial charge in [0.2, 0.25) is 0 Å². The summed E-state index contributed by atoms with van der Waals surface area (Å²) >= 11 is 0. The van der Waals surface area contributed by atoms with Crippen LogP contribution in [0.5, 0.6) is 0 Å². The number of piperidine rings is 1. The summed E-state index contributed by atoms with van der Waals surface area (Å²) in [6, 6.07) is 18.4. The van der Waals surface area contributed by atoms with Crippen molar-refractivity contribution in [3.63, 3.8) is 0 Å². The maximum absolute atomic E-state index is 11.4. The third-order valence-electron chi connectivity index (χ3n) is 7.48. The number of hydrogen-bond acceptors (Lipinski definition) is 5. The van der Waals surface area contributed by atoms with E-state index in [0.29, 0.717) is 17.5 Å². The van der Waals surface area contributed by atoms with Gasteiger partial charge in [-0.25, -0.2) is 10.2 Å². The number of likely N-dealkylation sites (tertiary alicyclic amines) is 1. The normalized spacial score (nSPS) is 20.6. The molecule has 1 saturated carbocycles. The largest absolute Gasteiger partial charge is 0.313 e. The van der Waals surface area contributed by atoms with Crippen LogP contribution in [0, 0.1) is 5.92 Å². The molecule has 1 aliphatic carbocycles. The van der Waals surface area contributed by atoms with Crippen LogP contribution >= 0.6 is 0 Å². The lowest BCUT2D eigenvalue weighted by atomic mass is 9.96. The molecule has 0 radical (unpaired) electrons. The third kappa shape index (κ3) is 6.17. The lowest BCUT2D eigenvalue weighted by molar-refractivity contribution is 0.0706. The Kier molecular flexibility index (Phi) is 7.57. The number of amides is 1. The molecule has 3 N–H and O–H groups in total. The van der Waals surface area contributed by atoms with Crippen LogP contribution < -0.4 is 10.8 Å². The molecular formula is C28H35N5O2. The monoisotopic (exact) mass is 473 g/mol. The highest BCUT2D eigenvalue weighted by Gasteiger charge is 2.39. The number of carbonyl (C=O) groups excluding carboxylic acids is 1. The van der Waals surface area contributed by atoms with Crippen LogP contribution in [0.4, 0.5) is 0 Å². The summed E-state index contributed by atoms with van der Waals surface area (Å²) in [7, 11) is 0. The molecule has 5 rings (SSSR count). The molecule has 2 atom stereocenters. The molecule has 184 valence electrons. The Morgan fingerprint density at radius 1 is 1.06 bits per heavy atom. The van der Waals surface area contributed by atoms with Gasteiger partial charge >= 0.3 is 0 Å². The number of aryl methyl sites for hydroxylation is 1. The van der Waals surface area contributed by atoms with Gasteiger partial charge in [0.25, 0.3) is 5.91 Å². The molecule has 1 aromatic heterocycles. The van der Waals surface area contributed by atoms with Crippen molar-refractivity contribution >= 4 is 5.91 Å². The Labute approximate surface area is 207 Å². The molecule has 0 bridgehead atoms. The molecule has 2 heterocycles. The highest BCUT2D eigenvalue weighted by Crippen LogP contribution is 2.41. The van der Waals surface area contributed by atoms with Gasteiger partial charge in [-0.1, -0.05) is 30.3 Å². The van der Waals surface area contributed by atoms with Gasteiger partial charge in [0.15, 0.2) is 0 Å². The fraction of sp³-hybridized carbons (Fsp3) is 0.429. The smallest absolute Gasteiger partial charge is 0.274 e. The summed E-state index contributed by atoms with van der Waals surface area (Å²) in [6.07, 6.45) is 10.1. The van der Waals surface area contributed by atoms with Gasteiger partial charge in [-0.15, -0.1) is 0 Å². The van der Waals surface area contributed by atoms with Gasteiger partial charge in [-0.05, 0) is 99.6 Å². The SMILES string of the molecule is O=C(NO)c1ccc(CCCN2CCC(CN[C@@H]3C[C@H]3c3cnn(-c4ccccc4)c3)CC2)cc1. The van der Waals surface area contributed by atoms with Crippen LogP contribution in [0.25, 0.3) is 5.69 Å². The van der Waals surface area contributed by atoms with Crippen LogP contribution in [0.1, 0.15) is 53.1 Å². The summed E-state index contributed by atoms with van der Waals surface area (Å²) in [6.45, 7) is 4.60. The number of nitrogens with one attached hydrogen (secondary N) is 2. The minimum absolute atomic E-state index is 0.467. The molecule has 35 heavy (non-hydrogen) atoms. The molecule has 1 saturated heterocycles. The van der Waals surface area contributed by atoms with Crippen LogP contribution in [0.2, 0.25) is 0 Å². The maximum atomic E-state index is 11.4. The fourth-order valence-electron chi connectivity index (χ4n) is 5.17. The predicted molar refractivity (Wildman–Crippen MR) is 136 cm³/mol. The lowest BCUT2D eigenvalue weighted by Gasteiger charge is -2.32. The molecule has 0 spiro atoms. The van der Waals surface area contributed by atoms with Crippen molar-refractivity contribution in [2.24, 2.45) is 5.92 Å². The number of nitrogens with zero attached hydrogens (tertiary/aromatic N) is 3. The van der Waals surface area contributed by atoms with E-state index in [2.05, 4.69) is 33.6 Å². The second kappa shape index (κ2) is 11.2. The van der Waals surface area contributed by atoms with Crippen LogP contribution in [-0.2, 0) is 6.42 Å². The van der Waals surface area contributed by atoms with E-state index in [4.69, 9.17) is 5.21 Å². The zero-order valence-corrected chi connectivity index (χ0v) is 20.1. The number of para-hydroxylation sites is 1. The summed E-state index contributed by atoms with van der Waals surface area (Å²) in [5, 5.41) is 17.1. The average Bonchev–Trinajstić information content (AvgIpc) is 3.52. The standard InChI is InChI=1S/C28H35N5O2/c34-28(31-35)23-10-8-21(9-11-23)5-4-14-32-15-12-22(13-16-32)18-29-27-17-26(27)24-19-30-33(20-24)25-6-2-1-3-7-25/h1-3,6-11,19-20,22,26-27,29,35H,4-5,12-18H2,(H,31,34)/t26-,27+/m0/s1. The summed E-state index contributed by atoms with van der Waals surface area (Å²) in [5.41, 5.74) is 5.83. The van der Waals surface area contributed by atoms with E-state index in [-0.39, 0.29) is 0 Å². The van der Waals surface area contributed by atoms with E-state index in [1.807, 2.05) is 41.2 Å². The quantitative estimate of drug-likeness (QED) is 0.308. The minimum atomic E-state index is -0.467. The third-order valence-corrected chi connectivity index (χ3v) is 7.48. The second-order valence-electron chi connectivity index (χ2n) is 9.94. The Morgan fingerprint density at radius 3 is 2.57 bits per heavy atom. The van der Waals surface area contributed by atoms with E-state index >= 15 is 0 Å². The number of carbonyl (C=O) groups is 1. The van der Waals surface area contributed by atoms with Crippen molar-refractivity contribution in [2.45, 2.75) is 44.1 Å². The first-order valence-corrected chi connectivity index (χ1v) is 12.8. The van der Waals surface area contributed by atoms with E-state index in [1.165, 1.54) is 43.5 Å². The minimum Gasteiger partial charge on any atom is -0.313 e. The molecule has 2 aromatic carbocycles. The van der Waals surface area contributed by atoms with Gasteiger partial charge < -0.3 is 10.2 Å². The summed E-state index contributed by atoms with van der Waals surface area (Å²) < 4.78 is 1.98. The zero-order chi connectivity index (χ0) is 24.0. The zero-order valence-electron chi connectivity index (χ0n) is 20.1. The van der Waals surface area contributed by atoms with Crippen molar-refractivity contribution in [3.05, 3.63) is 83.7 Å². The maximum Gasteiger partial charge on any atom is 0.274 e. The highest BCUT2D eigenvalue weighted by atomic mass is 16.5. The number of rotatable bonds is 10. The second-order valence-corrected chi connectivity index (χ2v) is 9.94. The van der Waals surface area contributed by atoms with Crippen molar-refractivity contribution in [1.82, 2.24) is 25.5 Å². The summed E-state index contributed by atoms with van der Waals surface area (Å²) in [5.74, 6) is 0.898. The first-order chi connectivity index (χ1) is 17.2. The topological polar surface area (TPSA) is 82.4 Å². The van der Waals surface area contributed by atoms with Gasteiger partial charge in [-0.3, -0.25) is 10.0 Å². The van der Waals surface area contributed by atoms with E-state index in [0.717, 1.165) is 37.5 Å². The Morgan fingerprint density at radius 2 is 1.83 bits per heavy atom. The molecule has 7 heteroatoms. The van der Waals surface area contributed by atoms with Crippen LogP contribution in [0.3, 0.4) is 0 Å². The summed E-state index contributed by atoms with van der Waals surface area (Å²) in [4.78, 5) is 14.0. The average molecular weight is 474 g/mol. The van der Waals surface area contributed by atoms with Gasteiger partial charge in [0, 0.05) is 23.7 Å².